The molecule has 4 rings (SSSR count). The van der Waals surface area contributed by atoms with E-state index in [1.807, 2.05) is 24.3 Å². The molecule has 0 aliphatic carbocycles. The monoisotopic (exact) mass is 442 g/mol. The minimum atomic E-state index is 0.0224. The minimum Gasteiger partial charge on any atom is -0.356 e. The van der Waals surface area contributed by atoms with E-state index in [1.54, 1.807) is 11.3 Å². The molecule has 5 nitrogen and oxygen atoms in total. The van der Waals surface area contributed by atoms with Gasteiger partial charge in [-0.1, -0.05) is 43.6 Å². The Morgan fingerprint density at radius 2 is 2.00 bits per heavy atom. The van der Waals surface area contributed by atoms with Gasteiger partial charge in [0.15, 0.2) is 0 Å². The van der Waals surface area contributed by atoms with Crippen LogP contribution in [0.5, 0.6) is 0 Å². The van der Waals surface area contributed by atoms with Crippen LogP contribution in [0.2, 0.25) is 5.02 Å². The lowest BCUT2D eigenvalue weighted by Crippen LogP contribution is -2.41. The van der Waals surface area contributed by atoms with E-state index in [2.05, 4.69) is 36.4 Å². The molecule has 0 radical (unpaired) electrons. The topological polar surface area (TPSA) is 58.1 Å². The Morgan fingerprint density at radius 1 is 1.27 bits per heavy atom. The first-order chi connectivity index (χ1) is 14.4. The van der Waals surface area contributed by atoms with Crippen molar-refractivity contribution in [2.45, 2.75) is 46.1 Å². The second-order valence-corrected chi connectivity index (χ2v) is 9.67. The number of piperidine rings is 1. The third-order valence-corrected chi connectivity index (χ3v) is 6.99. The lowest BCUT2D eigenvalue weighted by atomic mass is 9.95. The second kappa shape index (κ2) is 8.90. The van der Waals surface area contributed by atoms with Crippen LogP contribution in [0.25, 0.3) is 10.9 Å². The summed E-state index contributed by atoms with van der Waals surface area (Å²) in [4.78, 5) is 25.9. The van der Waals surface area contributed by atoms with Crippen LogP contribution in [0.3, 0.4) is 0 Å². The van der Waals surface area contributed by atoms with Crippen molar-refractivity contribution in [2.75, 3.05) is 18.0 Å². The van der Waals surface area contributed by atoms with Gasteiger partial charge < -0.3 is 10.2 Å². The van der Waals surface area contributed by atoms with Crippen molar-refractivity contribution < 1.29 is 4.79 Å². The highest BCUT2D eigenvalue weighted by atomic mass is 35.5. The van der Waals surface area contributed by atoms with Crippen molar-refractivity contribution in [3.8, 4) is 0 Å². The molecule has 1 aliphatic rings. The van der Waals surface area contributed by atoms with Crippen LogP contribution in [0.1, 0.15) is 48.9 Å². The van der Waals surface area contributed by atoms with Gasteiger partial charge in [0, 0.05) is 46.7 Å². The van der Waals surface area contributed by atoms with Crippen molar-refractivity contribution in [2.24, 2.45) is 5.92 Å². The van der Waals surface area contributed by atoms with Gasteiger partial charge in [-0.2, -0.15) is 0 Å². The zero-order valence-corrected chi connectivity index (χ0v) is 19.2. The maximum Gasteiger partial charge on any atom is 0.223 e. The van der Waals surface area contributed by atoms with Crippen LogP contribution in [-0.2, 0) is 11.3 Å². The first kappa shape index (κ1) is 21.1. The molecule has 1 aliphatic heterocycles. The minimum absolute atomic E-state index is 0.0224. The van der Waals surface area contributed by atoms with Crippen molar-refractivity contribution >= 4 is 45.6 Å². The van der Waals surface area contributed by atoms with Crippen LogP contribution >= 0.6 is 22.9 Å². The van der Waals surface area contributed by atoms with E-state index in [1.165, 1.54) is 4.88 Å². The van der Waals surface area contributed by atoms with Gasteiger partial charge in [0.25, 0.3) is 0 Å². The first-order valence-electron chi connectivity index (χ1n) is 10.5. The second-order valence-electron chi connectivity index (χ2n) is 8.18. The Hall–Kier alpha value is -2.18. The number of carbonyl (C=O) groups is 1. The Balaban J connectivity index is 1.44. The van der Waals surface area contributed by atoms with E-state index in [0.29, 0.717) is 11.6 Å². The Bertz CT molecular complexity index is 1060. The van der Waals surface area contributed by atoms with Crippen LogP contribution < -0.4 is 10.2 Å². The van der Waals surface area contributed by atoms with E-state index in [0.717, 1.165) is 54.0 Å². The summed E-state index contributed by atoms with van der Waals surface area (Å²) in [6.07, 6.45) is 1.64. The van der Waals surface area contributed by atoms with Gasteiger partial charge in [0.1, 0.15) is 11.6 Å². The lowest BCUT2D eigenvalue weighted by molar-refractivity contribution is -0.125. The zero-order chi connectivity index (χ0) is 21.3. The van der Waals surface area contributed by atoms with Gasteiger partial charge in [-0.15, -0.1) is 11.3 Å². The molecule has 0 atom stereocenters. The third-order valence-electron chi connectivity index (χ3n) is 5.73. The Labute approximate surface area is 186 Å². The van der Waals surface area contributed by atoms with Crippen molar-refractivity contribution in [3.05, 3.63) is 50.9 Å². The number of fused-ring (bicyclic) bond motifs is 1. The quantitative estimate of drug-likeness (QED) is 0.581. The van der Waals surface area contributed by atoms with Crippen molar-refractivity contribution in [3.63, 3.8) is 0 Å². The molecule has 0 bridgehead atoms. The Morgan fingerprint density at radius 3 is 2.70 bits per heavy atom. The summed E-state index contributed by atoms with van der Waals surface area (Å²) in [7, 11) is 0. The van der Waals surface area contributed by atoms with Crippen molar-refractivity contribution in [1.29, 1.82) is 0 Å². The number of rotatable bonds is 5. The largest absolute Gasteiger partial charge is 0.356 e. The molecule has 0 saturated carbocycles. The number of hydrogen-bond donors (Lipinski definition) is 1. The number of amides is 1. The normalized spacial score (nSPS) is 15.2. The molecule has 158 valence electrons. The zero-order valence-electron chi connectivity index (χ0n) is 17.6. The van der Waals surface area contributed by atoms with Gasteiger partial charge in [-0.3, -0.25) is 4.79 Å². The molecule has 3 heterocycles. The summed E-state index contributed by atoms with van der Waals surface area (Å²) in [5.41, 5.74) is 1.98. The third kappa shape index (κ3) is 4.30. The van der Waals surface area contributed by atoms with E-state index < -0.39 is 0 Å². The smallest absolute Gasteiger partial charge is 0.223 e. The molecule has 7 heteroatoms. The number of anilines is 1. The molecule has 30 heavy (non-hydrogen) atoms. The fourth-order valence-corrected chi connectivity index (χ4v) is 4.89. The van der Waals surface area contributed by atoms with Gasteiger partial charge in [0.2, 0.25) is 5.91 Å². The molecule has 1 aromatic carbocycles. The van der Waals surface area contributed by atoms with Crippen LogP contribution in [0.15, 0.2) is 29.6 Å². The maximum absolute atomic E-state index is 12.7. The molecule has 2 aromatic heterocycles. The number of halogens is 1. The number of hydrogen-bond acceptors (Lipinski definition) is 5. The number of thiophene rings is 1. The van der Waals surface area contributed by atoms with Gasteiger partial charge in [-0.05, 0) is 31.4 Å². The molecular formula is C23H27ClN4OS. The van der Waals surface area contributed by atoms with E-state index in [-0.39, 0.29) is 17.7 Å². The molecule has 1 saturated heterocycles. The van der Waals surface area contributed by atoms with Crippen LogP contribution in [0, 0.1) is 12.8 Å². The fourth-order valence-electron chi connectivity index (χ4n) is 3.92. The SMILES string of the molecule is Cc1scc2nc(C(C)C)nc(N3CCC(C(=O)NCc4ccccc4Cl)CC3)c12. The molecule has 3 aromatic rings. The summed E-state index contributed by atoms with van der Waals surface area (Å²) in [5.74, 6) is 2.32. The van der Waals surface area contributed by atoms with Gasteiger partial charge in [-0.25, -0.2) is 9.97 Å². The summed E-state index contributed by atoms with van der Waals surface area (Å²) in [5, 5.41) is 7.02. The number of carbonyl (C=O) groups excluding carboxylic acids is 1. The highest BCUT2D eigenvalue weighted by Gasteiger charge is 2.27. The number of aromatic nitrogens is 2. The van der Waals surface area contributed by atoms with E-state index in [9.17, 15) is 4.79 Å². The highest BCUT2D eigenvalue weighted by molar-refractivity contribution is 7.11. The number of nitrogens with zero attached hydrogens (tertiary/aromatic N) is 3. The Kier molecular flexibility index (Phi) is 6.25. The molecular weight excluding hydrogens is 416 g/mol. The molecule has 1 fully saturated rings. The highest BCUT2D eigenvalue weighted by Crippen LogP contribution is 2.34. The lowest BCUT2D eigenvalue weighted by Gasteiger charge is -2.33. The van der Waals surface area contributed by atoms with Crippen molar-refractivity contribution in [1.82, 2.24) is 15.3 Å². The first-order valence-corrected chi connectivity index (χ1v) is 11.7. The standard InChI is InChI=1S/C23H27ClN4OS/c1-14(2)21-26-19-13-30-15(3)20(19)22(27-21)28-10-8-16(9-11-28)23(29)25-12-17-6-4-5-7-18(17)24/h4-7,13-14,16H,8-12H2,1-3H3,(H,25,29). The summed E-state index contributed by atoms with van der Waals surface area (Å²) < 4.78 is 0. The predicted octanol–water partition coefficient (Wildman–Crippen LogP) is 5.31. The van der Waals surface area contributed by atoms with E-state index in [4.69, 9.17) is 21.6 Å². The summed E-state index contributed by atoms with van der Waals surface area (Å²) in [6.45, 7) is 8.49. The average molecular weight is 443 g/mol. The van der Waals surface area contributed by atoms with Gasteiger partial charge >= 0.3 is 0 Å². The summed E-state index contributed by atoms with van der Waals surface area (Å²) >= 11 is 7.92. The van der Waals surface area contributed by atoms with Crippen LogP contribution in [-0.4, -0.2) is 29.0 Å². The summed E-state index contributed by atoms with van der Waals surface area (Å²) in [6, 6.07) is 7.63. The van der Waals surface area contributed by atoms with Crippen LogP contribution in [0.4, 0.5) is 5.82 Å². The number of benzene rings is 1. The molecule has 0 spiro atoms. The molecule has 1 amide bonds. The average Bonchev–Trinajstić information content (AvgIpc) is 3.13. The van der Waals surface area contributed by atoms with Gasteiger partial charge in [0.05, 0.1) is 10.9 Å². The fraction of sp³-hybridized carbons (Fsp3) is 0.435. The van der Waals surface area contributed by atoms with E-state index >= 15 is 0 Å². The maximum atomic E-state index is 12.7. The number of aryl methyl sites for hydroxylation is 1. The molecule has 0 unspecified atom stereocenters. The number of nitrogens with one attached hydrogen (secondary N) is 1. The predicted molar refractivity (Wildman–Crippen MR) is 124 cm³/mol. The molecule has 1 N–H and O–H groups in total.